The van der Waals surface area contributed by atoms with E-state index in [1.54, 1.807) is 35.0 Å². The molecule has 2 bridgehead atoms. The standard InChI is InChI=1S/C32H33FN10O3/c1-19-11-24(23(33)13-26(19)46-22-7-8-43-28(12-22)35-18-37-43)38-31-30-25(34-17-36-31)14-27-32(39-30)41-9-10-42(21(15-41)16-45-27)29(44)6-5-20(2)40(3)4/h5-8,11-14,17-18,20-21H,9-10,15-16H2,1-4H3,(H,34,36,38)/b6-5+/t20-,21-/m0/s1. The van der Waals surface area contributed by atoms with Crippen molar-refractivity contribution >= 4 is 39.9 Å². The number of aromatic nitrogens is 6. The van der Waals surface area contributed by atoms with E-state index in [0.717, 1.165) is 0 Å². The molecule has 1 fully saturated rings. The molecule has 1 amide bonds. The molecule has 1 aromatic carbocycles. The Morgan fingerprint density at radius 3 is 2.89 bits per heavy atom. The molecule has 2 atom stereocenters. The minimum absolute atomic E-state index is 0.0338. The smallest absolute Gasteiger partial charge is 0.246 e. The van der Waals surface area contributed by atoms with Crippen LogP contribution in [0.2, 0.25) is 0 Å². The third-order valence-corrected chi connectivity index (χ3v) is 8.38. The van der Waals surface area contributed by atoms with Crippen LogP contribution in [-0.4, -0.2) is 97.7 Å². The Hall–Kier alpha value is -5.37. The van der Waals surface area contributed by atoms with Crippen molar-refractivity contribution in [2.45, 2.75) is 25.9 Å². The second-order valence-electron chi connectivity index (χ2n) is 11.7. The molecule has 5 aromatic rings. The van der Waals surface area contributed by atoms with Gasteiger partial charge >= 0.3 is 0 Å². The molecule has 1 N–H and O–H groups in total. The predicted octanol–water partition coefficient (Wildman–Crippen LogP) is 3.97. The molecular weight excluding hydrogens is 591 g/mol. The number of halogens is 1. The highest BCUT2D eigenvalue weighted by molar-refractivity contribution is 5.91. The number of rotatable bonds is 7. The summed E-state index contributed by atoms with van der Waals surface area (Å²) in [5, 5.41) is 7.19. The summed E-state index contributed by atoms with van der Waals surface area (Å²) in [6.07, 6.45) is 8.14. The van der Waals surface area contributed by atoms with E-state index in [4.69, 9.17) is 14.5 Å². The lowest BCUT2D eigenvalue weighted by Crippen LogP contribution is -2.56. The first kappa shape index (κ1) is 29.3. The van der Waals surface area contributed by atoms with Gasteiger partial charge in [0.1, 0.15) is 42.1 Å². The van der Waals surface area contributed by atoms with Crippen molar-refractivity contribution < 1.29 is 18.7 Å². The topological polar surface area (TPSA) is 126 Å². The molecule has 2 aliphatic heterocycles. The molecule has 46 heavy (non-hydrogen) atoms. The summed E-state index contributed by atoms with van der Waals surface area (Å²) in [6, 6.07) is 8.28. The van der Waals surface area contributed by atoms with Crippen LogP contribution in [0.5, 0.6) is 17.2 Å². The lowest BCUT2D eigenvalue weighted by Gasteiger charge is -2.39. The summed E-state index contributed by atoms with van der Waals surface area (Å²) in [4.78, 5) is 37.0. The Balaban J connectivity index is 1.12. The van der Waals surface area contributed by atoms with Gasteiger partial charge in [0.2, 0.25) is 5.91 Å². The molecule has 6 heterocycles. The summed E-state index contributed by atoms with van der Waals surface area (Å²) in [5.74, 6) is 1.91. The fourth-order valence-electron chi connectivity index (χ4n) is 5.52. The summed E-state index contributed by atoms with van der Waals surface area (Å²) >= 11 is 0. The number of likely N-dealkylation sites (N-methyl/N-ethyl adjacent to an activating group) is 1. The molecule has 0 spiro atoms. The highest BCUT2D eigenvalue weighted by Gasteiger charge is 2.35. The van der Waals surface area contributed by atoms with Crippen LogP contribution in [0.1, 0.15) is 12.5 Å². The number of amides is 1. The molecule has 4 aromatic heterocycles. The minimum Gasteiger partial charge on any atom is -0.487 e. The number of hydrogen-bond acceptors (Lipinski definition) is 11. The number of benzene rings is 1. The molecule has 7 rings (SSSR count). The lowest BCUT2D eigenvalue weighted by molar-refractivity contribution is -0.129. The number of carbonyl (C=O) groups is 1. The van der Waals surface area contributed by atoms with Gasteiger partial charge in [-0.15, -0.1) is 0 Å². The van der Waals surface area contributed by atoms with Gasteiger partial charge in [0.05, 0.1) is 17.2 Å². The monoisotopic (exact) mass is 624 g/mol. The molecular formula is C32H33FN10O3. The van der Waals surface area contributed by atoms with E-state index in [-0.39, 0.29) is 23.7 Å². The van der Waals surface area contributed by atoms with Crippen LogP contribution in [-0.2, 0) is 4.79 Å². The fourth-order valence-corrected chi connectivity index (χ4v) is 5.52. The number of hydrogen-bond donors (Lipinski definition) is 1. The van der Waals surface area contributed by atoms with Crippen LogP contribution >= 0.6 is 0 Å². The maximum absolute atomic E-state index is 15.5. The lowest BCUT2D eigenvalue weighted by atomic mass is 10.1. The fraction of sp³-hybridized carbons (Fsp3) is 0.312. The van der Waals surface area contributed by atoms with E-state index < -0.39 is 5.82 Å². The first-order chi connectivity index (χ1) is 22.2. The molecule has 0 saturated carbocycles. The number of fused-ring (bicyclic) bond motifs is 6. The van der Waals surface area contributed by atoms with E-state index in [1.807, 2.05) is 49.9 Å². The van der Waals surface area contributed by atoms with Crippen molar-refractivity contribution in [3.63, 3.8) is 0 Å². The van der Waals surface area contributed by atoms with Crippen LogP contribution < -0.4 is 19.7 Å². The Morgan fingerprint density at radius 2 is 2.04 bits per heavy atom. The average Bonchev–Trinajstić information content (AvgIpc) is 3.47. The molecule has 0 aliphatic carbocycles. The van der Waals surface area contributed by atoms with E-state index in [1.165, 1.54) is 18.7 Å². The van der Waals surface area contributed by atoms with Crippen LogP contribution in [0.3, 0.4) is 0 Å². The van der Waals surface area contributed by atoms with Crippen molar-refractivity contribution in [3.8, 4) is 17.2 Å². The summed E-state index contributed by atoms with van der Waals surface area (Å²) in [5.41, 5.74) is 2.57. The van der Waals surface area contributed by atoms with Gasteiger partial charge in [0.15, 0.2) is 23.0 Å². The van der Waals surface area contributed by atoms with Gasteiger partial charge in [-0.2, -0.15) is 5.10 Å². The summed E-state index contributed by atoms with van der Waals surface area (Å²) in [6.45, 7) is 5.91. The second-order valence-corrected chi connectivity index (χ2v) is 11.7. The first-order valence-corrected chi connectivity index (χ1v) is 15.0. The molecule has 0 unspecified atom stereocenters. The highest BCUT2D eigenvalue weighted by atomic mass is 19.1. The van der Waals surface area contributed by atoms with Gasteiger partial charge in [0, 0.05) is 56.1 Å². The minimum atomic E-state index is -0.522. The maximum Gasteiger partial charge on any atom is 0.246 e. The van der Waals surface area contributed by atoms with E-state index in [0.29, 0.717) is 77.4 Å². The largest absolute Gasteiger partial charge is 0.487 e. The third-order valence-electron chi connectivity index (χ3n) is 8.38. The Kier molecular flexibility index (Phi) is 7.56. The van der Waals surface area contributed by atoms with Gasteiger partial charge in [-0.05, 0) is 45.6 Å². The quantitative estimate of drug-likeness (QED) is 0.265. The summed E-state index contributed by atoms with van der Waals surface area (Å²) in [7, 11) is 3.95. The zero-order valence-electron chi connectivity index (χ0n) is 25.9. The maximum atomic E-state index is 15.5. The highest BCUT2D eigenvalue weighted by Crippen LogP contribution is 2.37. The zero-order valence-corrected chi connectivity index (χ0v) is 25.9. The van der Waals surface area contributed by atoms with Crippen molar-refractivity contribution in [2.75, 3.05) is 50.6 Å². The van der Waals surface area contributed by atoms with Crippen molar-refractivity contribution in [3.05, 3.63) is 72.7 Å². The van der Waals surface area contributed by atoms with Gasteiger partial charge < -0.3 is 29.5 Å². The molecule has 14 heteroatoms. The summed E-state index contributed by atoms with van der Waals surface area (Å²) < 4.78 is 29.2. The SMILES string of the molecule is Cc1cc(Nc2ncnc3cc4c(nc23)N2CCN(C(=O)/C=C/[C@H](C)N(C)C)[C@H](CO4)C2)c(F)cc1Oc1ccn2ncnc2c1. The normalized spacial score (nSPS) is 16.9. The van der Waals surface area contributed by atoms with Crippen molar-refractivity contribution in [1.29, 1.82) is 0 Å². The van der Waals surface area contributed by atoms with Gasteiger partial charge in [0.25, 0.3) is 0 Å². The Labute approximate surface area is 264 Å². The van der Waals surface area contributed by atoms with Gasteiger partial charge in [-0.3, -0.25) is 4.79 Å². The molecule has 236 valence electrons. The third kappa shape index (κ3) is 5.62. The number of nitrogens with one attached hydrogen (secondary N) is 1. The van der Waals surface area contributed by atoms with Gasteiger partial charge in [-0.1, -0.05) is 6.08 Å². The number of ether oxygens (including phenoxy) is 2. The molecule has 1 saturated heterocycles. The number of nitrogens with zero attached hydrogens (tertiary/aromatic N) is 9. The molecule has 0 radical (unpaired) electrons. The zero-order chi connectivity index (χ0) is 31.9. The van der Waals surface area contributed by atoms with Gasteiger partial charge in [-0.25, -0.2) is 28.8 Å². The first-order valence-electron chi connectivity index (χ1n) is 15.0. The van der Waals surface area contributed by atoms with Crippen molar-refractivity contribution in [1.82, 2.24) is 39.3 Å². The van der Waals surface area contributed by atoms with E-state index >= 15 is 4.39 Å². The number of piperazine rings is 1. The number of aryl methyl sites for hydroxylation is 1. The predicted molar refractivity (Wildman–Crippen MR) is 170 cm³/mol. The number of anilines is 3. The van der Waals surface area contributed by atoms with E-state index in [9.17, 15) is 4.79 Å². The number of pyridine rings is 2. The van der Waals surface area contributed by atoms with E-state index in [2.05, 4.69) is 30.3 Å². The molecule has 2 aliphatic rings. The average molecular weight is 625 g/mol. The van der Waals surface area contributed by atoms with Crippen molar-refractivity contribution in [2.24, 2.45) is 0 Å². The Bertz CT molecular complexity index is 1980. The van der Waals surface area contributed by atoms with Crippen LogP contribution in [0, 0.1) is 12.7 Å². The van der Waals surface area contributed by atoms with Crippen LogP contribution in [0.25, 0.3) is 16.7 Å². The Morgan fingerprint density at radius 1 is 1.17 bits per heavy atom. The number of carbonyl (C=O) groups excluding carboxylic acids is 1. The van der Waals surface area contributed by atoms with Crippen LogP contribution in [0.15, 0.2) is 61.3 Å². The van der Waals surface area contributed by atoms with Crippen LogP contribution in [0.4, 0.5) is 21.7 Å². The second kappa shape index (κ2) is 11.9. The molecule has 13 nitrogen and oxygen atoms in total.